The van der Waals surface area contributed by atoms with Gasteiger partial charge >= 0.3 is 16.9 Å². The summed E-state index contributed by atoms with van der Waals surface area (Å²) in [5.41, 5.74) is -2.21. The van der Waals surface area contributed by atoms with Gasteiger partial charge in [-0.25, -0.2) is 4.79 Å². The van der Waals surface area contributed by atoms with Crippen molar-refractivity contribution in [3.63, 3.8) is 0 Å². The number of nitrogens with one attached hydrogen (secondary N) is 2. The van der Waals surface area contributed by atoms with E-state index in [0.29, 0.717) is 19.5 Å². The molecule has 0 fully saturated rings. The lowest BCUT2D eigenvalue weighted by atomic mass is 10.4. The van der Waals surface area contributed by atoms with Crippen LogP contribution in [0.3, 0.4) is 0 Å². The SMILES string of the molecule is CCNCCCn1cc([N+](=O)[O-])c(=O)[nH]c1=O. The van der Waals surface area contributed by atoms with Gasteiger partial charge in [-0.1, -0.05) is 6.92 Å². The molecule has 8 heteroatoms. The van der Waals surface area contributed by atoms with Crippen LogP contribution in [0.25, 0.3) is 0 Å². The molecule has 1 rings (SSSR count). The zero-order valence-corrected chi connectivity index (χ0v) is 9.43. The van der Waals surface area contributed by atoms with Gasteiger partial charge in [-0.05, 0) is 19.5 Å². The zero-order valence-electron chi connectivity index (χ0n) is 9.43. The number of rotatable bonds is 6. The Morgan fingerprint density at radius 2 is 2.24 bits per heavy atom. The van der Waals surface area contributed by atoms with Crippen molar-refractivity contribution in [3.8, 4) is 0 Å². The van der Waals surface area contributed by atoms with Crippen LogP contribution in [-0.4, -0.2) is 27.6 Å². The first-order valence-corrected chi connectivity index (χ1v) is 5.25. The largest absolute Gasteiger partial charge is 0.350 e. The van der Waals surface area contributed by atoms with E-state index >= 15 is 0 Å². The summed E-state index contributed by atoms with van der Waals surface area (Å²) in [6.45, 7) is 3.80. The zero-order chi connectivity index (χ0) is 12.8. The molecule has 0 aliphatic heterocycles. The van der Waals surface area contributed by atoms with Gasteiger partial charge in [0.2, 0.25) is 0 Å². The second-order valence-electron chi connectivity index (χ2n) is 3.43. The number of aromatic amines is 1. The number of hydrogen-bond donors (Lipinski definition) is 2. The number of aromatic nitrogens is 2. The van der Waals surface area contributed by atoms with E-state index in [2.05, 4.69) is 5.32 Å². The number of aryl methyl sites for hydroxylation is 1. The standard InChI is InChI=1S/C9H14N4O4/c1-2-10-4-3-5-12-6-7(13(16)17)8(14)11-9(12)15/h6,10H,2-5H2,1H3,(H,11,14,15). The van der Waals surface area contributed by atoms with E-state index in [-0.39, 0.29) is 0 Å². The summed E-state index contributed by atoms with van der Waals surface area (Å²) in [6, 6.07) is 0. The van der Waals surface area contributed by atoms with Crippen molar-refractivity contribution in [2.45, 2.75) is 19.9 Å². The summed E-state index contributed by atoms with van der Waals surface area (Å²) in [4.78, 5) is 34.1. The average molecular weight is 242 g/mol. The predicted octanol–water partition coefficient (Wildman–Crippen LogP) is -0.556. The number of nitrogens with zero attached hydrogens (tertiary/aromatic N) is 2. The molecule has 8 nitrogen and oxygen atoms in total. The molecule has 0 aliphatic rings. The lowest BCUT2D eigenvalue weighted by molar-refractivity contribution is -0.386. The maximum atomic E-state index is 11.3. The van der Waals surface area contributed by atoms with Crippen LogP contribution in [0.5, 0.6) is 0 Å². The molecule has 0 aromatic carbocycles. The summed E-state index contributed by atoms with van der Waals surface area (Å²) >= 11 is 0. The van der Waals surface area contributed by atoms with Crippen molar-refractivity contribution in [2.24, 2.45) is 0 Å². The molecule has 17 heavy (non-hydrogen) atoms. The second-order valence-corrected chi connectivity index (χ2v) is 3.43. The molecule has 0 bridgehead atoms. The molecule has 0 saturated heterocycles. The van der Waals surface area contributed by atoms with Gasteiger partial charge in [0.15, 0.2) is 0 Å². The molecule has 94 valence electrons. The Labute approximate surface area is 96.4 Å². The molecule has 0 spiro atoms. The van der Waals surface area contributed by atoms with Gasteiger partial charge in [0.1, 0.15) is 0 Å². The molecule has 1 aromatic rings. The highest BCUT2D eigenvalue weighted by molar-refractivity contribution is 5.20. The third-order valence-corrected chi connectivity index (χ3v) is 2.19. The summed E-state index contributed by atoms with van der Waals surface area (Å²) in [5.74, 6) is 0. The van der Waals surface area contributed by atoms with Crippen LogP contribution in [0.2, 0.25) is 0 Å². The van der Waals surface area contributed by atoms with E-state index in [1.807, 2.05) is 11.9 Å². The molecule has 0 radical (unpaired) electrons. The first-order chi connectivity index (χ1) is 8.06. The van der Waals surface area contributed by atoms with Crippen molar-refractivity contribution in [1.29, 1.82) is 0 Å². The summed E-state index contributed by atoms with van der Waals surface area (Å²) in [7, 11) is 0. The maximum absolute atomic E-state index is 11.3. The Bertz CT molecular complexity index is 504. The molecule has 0 amide bonds. The van der Waals surface area contributed by atoms with Crippen LogP contribution in [0.4, 0.5) is 5.69 Å². The van der Waals surface area contributed by atoms with Crippen LogP contribution in [-0.2, 0) is 6.54 Å². The van der Waals surface area contributed by atoms with Crippen LogP contribution in [0, 0.1) is 10.1 Å². The third-order valence-electron chi connectivity index (χ3n) is 2.19. The fourth-order valence-electron chi connectivity index (χ4n) is 1.35. The van der Waals surface area contributed by atoms with Crippen molar-refractivity contribution < 1.29 is 4.92 Å². The molecule has 1 aromatic heterocycles. The Morgan fingerprint density at radius 1 is 1.53 bits per heavy atom. The van der Waals surface area contributed by atoms with Gasteiger partial charge in [0.25, 0.3) is 0 Å². The molecule has 0 saturated carbocycles. The van der Waals surface area contributed by atoms with Crippen molar-refractivity contribution in [1.82, 2.24) is 14.9 Å². The lowest BCUT2D eigenvalue weighted by Gasteiger charge is -2.04. The van der Waals surface area contributed by atoms with Gasteiger partial charge in [0.05, 0.1) is 11.1 Å². The minimum absolute atomic E-state index is 0.323. The van der Waals surface area contributed by atoms with Crippen LogP contribution in [0.15, 0.2) is 15.8 Å². The van der Waals surface area contributed by atoms with Gasteiger partial charge in [-0.3, -0.25) is 24.5 Å². The van der Waals surface area contributed by atoms with Gasteiger partial charge in [0, 0.05) is 6.54 Å². The first kappa shape index (κ1) is 13.1. The van der Waals surface area contributed by atoms with E-state index in [0.717, 1.165) is 17.3 Å². The van der Waals surface area contributed by atoms with Crippen LogP contribution in [0.1, 0.15) is 13.3 Å². The number of hydrogen-bond acceptors (Lipinski definition) is 5. The number of H-pyrrole nitrogens is 1. The summed E-state index contributed by atoms with van der Waals surface area (Å²) < 4.78 is 1.14. The van der Waals surface area contributed by atoms with E-state index in [1.165, 1.54) is 0 Å². The molecule has 0 unspecified atom stereocenters. The van der Waals surface area contributed by atoms with Gasteiger partial charge in [-0.2, -0.15) is 0 Å². The molecule has 0 aliphatic carbocycles. The highest BCUT2D eigenvalue weighted by atomic mass is 16.6. The Morgan fingerprint density at radius 3 is 2.82 bits per heavy atom. The maximum Gasteiger partial charge on any atom is 0.350 e. The Balaban J connectivity index is 2.85. The second kappa shape index (κ2) is 5.94. The Hall–Kier alpha value is -1.96. The number of nitro groups is 1. The minimum atomic E-state index is -0.970. The smallest absolute Gasteiger partial charge is 0.317 e. The third kappa shape index (κ3) is 3.52. The Kier molecular flexibility index (Phi) is 4.58. The van der Waals surface area contributed by atoms with E-state index in [9.17, 15) is 19.7 Å². The fraction of sp³-hybridized carbons (Fsp3) is 0.556. The normalized spacial score (nSPS) is 10.4. The fourth-order valence-corrected chi connectivity index (χ4v) is 1.35. The van der Waals surface area contributed by atoms with E-state index < -0.39 is 21.9 Å². The summed E-state index contributed by atoms with van der Waals surface area (Å²) in [5, 5.41) is 13.6. The topological polar surface area (TPSA) is 110 Å². The van der Waals surface area contributed by atoms with Crippen LogP contribution < -0.4 is 16.6 Å². The molecule has 1 heterocycles. The quantitative estimate of drug-likeness (QED) is 0.395. The highest BCUT2D eigenvalue weighted by Crippen LogP contribution is 1.99. The highest BCUT2D eigenvalue weighted by Gasteiger charge is 2.14. The molecular weight excluding hydrogens is 228 g/mol. The molecule has 0 atom stereocenters. The van der Waals surface area contributed by atoms with Gasteiger partial charge in [-0.15, -0.1) is 0 Å². The van der Waals surface area contributed by atoms with Gasteiger partial charge < -0.3 is 5.32 Å². The monoisotopic (exact) mass is 242 g/mol. The van der Waals surface area contributed by atoms with Crippen molar-refractivity contribution >= 4 is 5.69 Å². The molecule has 2 N–H and O–H groups in total. The van der Waals surface area contributed by atoms with Crippen molar-refractivity contribution in [2.75, 3.05) is 13.1 Å². The predicted molar refractivity (Wildman–Crippen MR) is 61.1 cm³/mol. The van der Waals surface area contributed by atoms with Crippen LogP contribution >= 0.6 is 0 Å². The van der Waals surface area contributed by atoms with Crippen molar-refractivity contribution in [3.05, 3.63) is 37.1 Å². The minimum Gasteiger partial charge on any atom is -0.317 e. The first-order valence-electron chi connectivity index (χ1n) is 5.25. The lowest BCUT2D eigenvalue weighted by Crippen LogP contribution is -2.31. The van der Waals surface area contributed by atoms with E-state index in [4.69, 9.17) is 0 Å². The average Bonchev–Trinajstić information content (AvgIpc) is 2.26. The molecular formula is C9H14N4O4. The summed E-state index contributed by atoms with van der Waals surface area (Å²) in [6.07, 6.45) is 1.63. The van der Waals surface area contributed by atoms with E-state index in [1.54, 1.807) is 0 Å².